The van der Waals surface area contributed by atoms with Crippen molar-refractivity contribution in [3.05, 3.63) is 53.1 Å². The van der Waals surface area contributed by atoms with Crippen molar-refractivity contribution < 1.29 is 4.79 Å². The van der Waals surface area contributed by atoms with E-state index in [-0.39, 0.29) is 11.6 Å². The van der Waals surface area contributed by atoms with E-state index in [1.165, 1.54) is 11.0 Å². The van der Waals surface area contributed by atoms with Gasteiger partial charge in [0.05, 0.1) is 23.5 Å². The molecule has 1 aromatic carbocycles. The summed E-state index contributed by atoms with van der Waals surface area (Å²) in [6, 6.07) is 11.0. The summed E-state index contributed by atoms with van der Waals surface area (Å²) in [4.78, 5) is 34.2. The van der Waals surface area contributed by atoms with Crippen LogP contribution in [0.2, 0.25) is 0 Å². The zero-order valence-electron chi connectivity index (χ0n) is 15.3. The van der Waals surface area contributed by atoms with Crippen LogP contribution in [0.1, 0.15) is 19.3 Å². The molecule has 0 spiro atoms. The highest BCUT2D eigenvalue weighted by Crippen LogP contribution is 2.39. The molecule has 142 valence electrons. The van der Waals surface area contributed by atoms with Crippen molar-refractivity contribution in [2.75, 3.05) is 24.5 Å². The minimum Gasteiger partial charge on any atom is -0.294 e. The molecule has 28 heavy (non-hydrogen) atoms. The molecule has 8 nitrogen and oxygen atoms in total. The summed E-state index contributed by atoms with van der Waals surface area (Å²) < 4.78 is 1.50. The number of amides is 1. The number of aromatic amines is 1. The number of nitrogens with zero attached hydrogens (tertiary/aromatic N) is 5. The third kappa shape index (κ3) is 2.65. The first kappa shape index (κ1) is 16.9. The van der Waals surface area contributed by atoms with Crippen LogP contribution < -0.4 is 10.6 Å². The van der Waals surface area contributed by atoms with E-state index in [2.05, 4.69) is 20.1 Å². The normalized spacial score (nSPS) is 16.1. The Labute approximate surface area is 161 Å². The Morgan fingerprint density at radius 2 is 1.82 bits per heavy atom. The Balaban J connectivity index is 1.68. The standard InChI is InChI=1S/C20H20N6O2/c27-17(13-24-11-4-1-5-12-24)25-15-8-2-3-9-16(15)26-19(22-23-20(26)28)14-7-6-10-21-18(14)25/h2-3,6-10H,1,4-5,11-13H2,(H,23,28). The van der Waals surface area contributed by atoms with Crippen LogP contribution in [0.15, 0.2) is 47.4 Å². The van der Waals surface area contributed by atoms with E-state index in [1.54, 1.807) is 17.2 Å². The van der Waals surface area contributed by atoms with Crippen molar-refractivity contribution in [3.63, 3.8) is 0 Å². The fourth-order valence-corrected chi connectivity index (χ4v) is 4.04. The second kappa shape index (κ2) is 6.72. The molecule has 1 saturated heterocycles. The average molecular weight is 376 g/mol. The highest BCUT2D eigenvalue weighted by atomic mass is 16.2. The number of H-pyrrole nitrogens is 1. The molecule has 0 aliphatic carbocycles. The molecule has 1 N–H and O–H groups in total. The molecule has 3 aromatic rings. The maximum Gasteiger partial charge on any atom is 0.348 e. The quantitative estimate of drug-likeness (QED) is 0.740. The van der Waals surface area contributed by atoms with Gasteiger partial charge in [0.2, 0.25) is 5.91 Å². The van der Waals surface area contributed by atoms with Gasteiger partial charge < -0.3 is 0 Å². The molecule has 0 saturated carbocycles. The maximum atomic E-state index is 13.4. The topological polar surface area (TPSA) is 87.1 Å². The summed E-state index contributed by atoms with van der Waals surface area (Å²) >= 11 is 0. The average Bonchev–Trinajstić information content (AvgIpc) is 3.05. The van der Waals surface area contributed by atoms with E-state index < -0.39 is 0 Å². The molecule has 5 rings (SSSR count). The number of carbonyl (C=O) groups is 1. The van der Waals surface area contributed by atoms with Crippen LogP contribution in [0, 0.1) is 0 Å². The predicted octanol–water partition coefficient (Wildman–Crippen LogP) is 2.09. The summed E-state index contributed by atoms with van der Waals surface area (Å²) in [6.07, 6.45) is 5.10. The van der Waals surface area contributed by atoms with Crippen molar-refractivity contribution >= 4 is 17.4 Å². The molecule has 0 unspecified atom stereocenters. The molecule has 1 amide bonds. The lowest BCUT2D eigenvalue weighted by Crippen LogP contribution is -2.41. The summed E-state index contributed by atoms with van der Waals surface area (Å²) in [5.41, 5.74) is 1.54. The number of benzene rings is 1. The van der Waals surface area contributed by atoms with Gasteiger partial charge in [0.1, 0.15) is 0 Å². The molecule has 0 bridgehead atoms. The number of rotatable bonds is 2. The molecular formula is C20H20N6O2. The minimum atomic E-state index is -0.345. The van der Waals surface area contributed by atoms with Gasteiger partial charge in [-0.25, -0.2) is 19.4 Å². The molecule has 8 heteroatoms. The molecule has 0 atom stereocenters. The van der Waals surface area contributed by atoms with E-state index in [0.717, 1.165) is 25.9 Å². The number of aromatic nitrogens is 4. The van der Waals surface area contributed by atoms with Gasteiger partial charge >= 0.3 is 5.69 Å². The Kier molecular flexibility index (Phi) is 4.05. The number of anilines is 2. The number of pyridine rings is 1. The third-order valence-corrected chi connectivity index (χ3v) is 5.33. The van der Waals surface area contributed by atoms with Crippen LogP contribution in [0.4, 0.5) is 11.5 Å². The Morgan fingerprint density at radius 3 is 2.64 bits per heavy atom. The van der Waals surface area contributed by atoms with E-state index in [1.807, 2.05) is 30.3 Å². The van der Waals surface area contributed by atoms with Gasteiger partial charge in [-0.05, 0) is 50.2 Å². The second-order valence-corrected chi connectivity index (χ2v) is 7.12. The van der Waals surface area contributed by atoms with Crippen molar-refractivity contribution in [1.82, 2.24) is 24.6 Å². The van der Waals surface area contributed by atoms with Crippen LogP contribution in [0.3, 0.4) is 0 Å². The van der Waals surface area contributed by atoms with Crippen LogP contribution in [0.25, 0.3) is 17.1 Å². The number of fused-ring (bicyclic) bond motifs is 5. The Hall–Kier alpha value is -3.26. The lowest BCUT2D eigenvalue weighted by Gasteiger charge is -2.29. The van der Waals surface area contributed by atoms with Gasteiger partial charge in [-0.3, -0.25) is 14.6 Å². The van der Waals surface area contributed by atoms with Crippen molar-refractivity contribution in [1.29, 1.82) is 0 Å². The van der Waals surface area contributed by atoms with Gasteiger partial charge in [-0.2, -0.15) is 5.10 Å². The SMILES string of the molecule is O=C(CN1CCCCC1)N1c2ccccc2-n2c(n[nH]c2=O)-c2cccnc21. The first-order chi connectivity index (χ1) is 13.7. The number of hydrogen-bond donors (Lipinski definition) is 1. The van der Waals surface area contributed by atoms with E-state index in [4.69, 9.17) is 0 Å². The second-order valence-electron chi connectivity index (χ2n) is 7.12. The number of para-hydroxylation sites is 2. The molecular weight excluding hydrogens is 356 g/mol. The van der Waals surface area contributed by atoms with Gasteiger partial charge in [-0.15, -0.1) is 0 Å². The van der Waals surface area contributed by atoms with Crippen LogP contribution in [-0.4, -0.2) is 50.2 Å². The number of carbonyl (C=O) groups excluding carboxylic acids is 1. The van der Waals surface area contributed by atoms with Crippen molar-refractivity contribution in [3.8, 4) is 17.1 Å². The molecule has 0 radical (unpaired) electrons. The first-order valence-electron chi connectivity index (χ1n) is 9.51. The van der Waals surface area contributed by atoms with Gasteiger partial charge in [0, 0.05) is 6.20 Å². The molecule has 4 heterocycles. The molecule has 2 aromatic heterocycles. The number of hydrogen-bond acceptors (Lipinski definition) is 5. The predicted molar refractivity (Wildman–Crippen MR) is 105 cm³/mol. The number of nitrogens with one attached hydrogen (secondary N) is 1. The highest BCUT2D eigenvalue weighted by molar-refractivity contribution is 6.06. The monoisotopic (exact) mass is 376 g/mol. The van der Waals surface area contributed by atoms with Crippen molar-refractivity contribution in [2.24, 2.45) is 0 Å². The summed E-state index contributed by atoms with van der Waals surface area (Å²) in [6.45, 7) is 2.18. The summed E-state index contributed by atoms with van der Waals surface area (Å²) in [5, 5.41) is 6.72. The van der Waals surface area contributed by atoms with Crippen LogP contribution >= 0.6 is 0 Å². The fraction of sp³-hybridized carbons (Fsp3) is 0.300. The zero-order valence-corrected chi connectivity index (χ0v) is 15.3. The fourth-order valence-electron chi connectivity index (χ4n) is 4.04. The zero-order chi connectivity index (χ0) is 19.1. The van der Waals surface area contributed by atoms with Crippen LogP contribution in [-0.2, 0) is 4.79 Å². The summed E-state index contributed by atoms with van der Waals surface area (Å²) in [7, 11) is 0. The van der Waals surface area contributed by atoms with Gasteiger partial charge in [-0.1, -0.05) is 18.6 Å². The lowest BCUT2D eigenvalue weighted by atomic mass is 10.1. The maximum absolute atomic E-state index is 13.4. The Bertz CT molecular complexity index is 1100. The molecule has 2 aliphatic rings. The Morgan fingerprint density at radius 1 is 1.04 bits per heavy atom. The van der Waals surface area contributed by atoms with E-state index in [9.17, 15) is 9.59 Å². The first-order valence-corrected chi connectivity index (χ1v) is 9.51. The summed E-state index contributed by atoms with van der Waals surface area (Å²) in [5.74, 6) is 0.889. The minimum absolute atomic E-state index is 0.0588. The van der Waals surface area contributed by atoms with Crippen LogP contribution in [0.5, 0.6) is 0 Å². The smallest absolute Gasteiger partial charge is 0.294 e. The van der Waals surface area contributed by atoms with E-state index >= 15 is 0 Å². The highest BCUT2D eigenvalue weighted by Gasteiger charge is 2.32. The number of likely N-dealkylation sites (tertiary alicyclic amines) is 1. The molecule has 1 fully saturated rings. The van der Waals surface area contributed by atoms with Crippen molar-refractivity contribution in [2.45, 2.75) is 19.3 Å². The number of piperidine rings is 1. The largest absolute Gasteiger partial charge is 0.348 e. The van der Waals surface area contributed by atoms with Gasteiger partial charge in [0.15, 0.2) is 11.6 Å². The lowest BCUT2D eigenvalue weighted by molar-refractivity contribution is -0.119. The van der Waals surface area contributed by atoms with Gasteiger partial charge in [0.25, 0.3) is 0 Å². The third-order valence-electron chi connectivity index (χ3n) is 5.33. The van der Waals surface area contributed by atoms with E-state index in [0.29, 0.717) is 35.1 Å². The molecule has 2 aliphatic heterocycles.